The van der Waals surface area contributed by atoms with E-state index in [9.17, 15) is 0 Å². The highest BCUT2D eigenvalue weighted by Gasteiger charge is 2.19. The van der Waals surface area contributed by atoms with Crippen LogP contribution in [0.25, 0.3) is 0 Å². The molecule has 18 heavy (non-hydrogen) atoms. The highest BCUT2D eigenvalue weighted by Crippen LogP contribution is 2.26. The van der Waals surface area contributed by atoms with Gasteiger partial charge in [0.2, 0.25) is 0 Å². The second kappa shape index (κ2) is 6.37. The molecule has 1 saturated carbocycles. The Balaban J connectivity index is 1.74. The third-order valence-corrected chi connectivity index (χ3v) is 4.19. The van der Waals surface area contributed by atoms with Crippen LogP contribution in [0.1, 0.15) is 64.6 Å². The van der Waals surface area contributed by atoms with Gasteiger partial charge in [-0.1, -0.05) is 13.3 Å². The first-order chi connectivity index (χ1) is 8.69. The molecule has 1 aliphatic rings. The Morgan fingerprint density at radius 1 is 1.33 bits per heavy atom. The van der Waals surface area contributed by atoms with E-state index in [1.165, 1.54) is 37.8 Å². The van der Waals surface area contributed by atoms with Gasteiger partial charge in [0.25, 0.3) is 0 Å². The van der Waals surface area contributed by atoms with Crippen molar-refractivity contribution in [2.45, 2.75) is 71.5 Å². The first-order valence-electron chi connectivity index (χ1n) is 7.46. The van der Waals surface area contributed by atoms with Crippen LogP contribution >= 0.6 is 0 Å². The maximum Gasteiger partial charge on any atom is 0.0762 e. The third-order valence-electron chi connectivity index (χ3n) is 4.19. The van der Waals surface area contributed by atoms with E-state index in [0.29, 0.717) is 12.1 Å². The zero-order valence-corrected chi connectivity index (χ0v) is 12.0. The maximum absolute atomic E-state index is 4.58. The van der Waals surface area contributed by atoms with E-state index in [4.69, 9.17) is 0 Å². The summed E-state index contributed by atoms with van der Waals surface area (Å²) in [7, 11) is 0. The minimum Gasteiger partial charge on any atom is -0.308 e. The normalized spacial score (nSPS) is 24.7. The van der Waals surface area contributed by atoms with E-state index in [2.05, 4.69) is 43.4 Å². The first kappa shape index (κ1) is 13.6. The SMILES string of the molecule is CCC1CCC(NCc2ccn(C(C)C)n2)CC1. The highest BCUT2D eigenvalue weighted by molar-refractivity contribution is 4.99. The van der Waals surface area contributed by atoms with E-state index in [-0.39, 0.29) is 0 Å². The number of hydrogen-bond donors (Lipinski definition) is 1. The van der Waals surface area contributed by atoms with E-state index >= 15 is 0 Å². The van der Waals surface area contributed by atoms with Crippen molar-refractivity contribution >= 4 is 0 Å². The smallest absolute Gasteiger partial charge is 0.0762 e. The van der Waals surface area contributed by atoms with Gasteiger partial charge in [0.1, 0.15) is 0 Å². The molecule has 0 saturated heterocycles. The van der Waals surface area contributed by atoms with Crippen LogP contribution in [0.4, 0.5) is 0 Å². The van der Waals surface area contributed by atoms with E-state index in [1.54, 1.807) is 0 Å². The Morgan fingerprint density at radius 2 is 2.06 bits per heavy atom. The van der Waals surface area contributed by atoms with Crippen molar-refractivity contribution < 1.29 is 0 Å². The average molecular weight is 249 g/mol. The van der Waals surface area contributed by atoms with Gasteiger partial charge in [0.15, 0.2) is 0 Å². The average Bonchev–Trinajstić information content (AvgIpc) is 2.86. The second-order valence-electron chi connectivity index (χ2n) is 5.89. The quantitative estimate of drug-likeness (QED) is 0.865. The van der Waals surface area contributed by atoms with Crippen LogP contribution in [0.2, 0.25) is 0 Å². The molecule has 0 spiro atoms. The Hall–Kier alpha value is -0.830. The zero-order chi connectivity index (χ0) is 13.0. The molecule has 3 nitrogen and oxygen atoms in total. The monoisotopic (exact) mass is 249 g/mol. The molecule has 2 rings (SSSR count). The number of rotatable bonds is 5. The van der Waals surface area contributed by atoms with E-state index in [0.717, 1.165) is 12.5 Å². The van der Waals surface area contributed by atoms with Gasteiger partial charge in [-0.15, -0.1) is 0 Å². The fourth-order valence-corrected chi connectivity index (χ4v) is 2.78. The van der Waals surface area contributed by atoms with Crippen LogP contribution in [-0.2, 0) is 6.54 Å². The van der Waals surface area contributed by atoms with Crippen LogP contribution in [-0.4, -0.2) is 15.8 Å². The Bertz CT molecular complexity index is 348. The summed E-state index contributed by atoms with van der Waals surface area (Å²) >= 11 is 0. The minimum atomic E-state index is 0.457. The molecule has 0 radical (unpaired) electrons. The van der Waals surface area contributed by atoms with Gasteiger partial charge >= 0.3 is 0 Å². The lowest BCUT2D eigenvalue weighted by Crippen LogP contribution is -2.32. The molecular formula is C15H27N3. The summed E-state index contributed by atoms with van der Waals surface area (Å²) < 4.78 is 2.03. The summed E-state index contributed by atoms with van der Waals surface area (Å²) in [5.41, 5.74) is 1.17. The number of hydrogen-bond acceptors (Lipinski definition) is 2. The van der Waals surface area contributed by atoms with Crippen LogP contribution in [0, 0.1) is 5.92 Å². The van der Waals surface area contributed by atoms with Gasteiger partial charge in [0.05, 0.1) is 5.69 Å². The standard InChI is InChI=1S/C15H27N3/c1-4-13-5-7-14(8-6-13)16-11-15-9-10-18(17-15)12(2)3/h9-10,12-14,16H,4-8,11H2,1-3H3. The highest BCUT2D eigenvalue weighted by atomic mass is 15.3. The van der Waals surface area contributed by atoms with Crippen molar-refractivity contribution in [3.63, 3.8) is 0 Å². The lowest BCUT2D eigenvalue weighted by Gasteiger charge is -2.28. The van der Waals surface area contributed by atoms with Gasteiger partial charge in [-0.25, -0.2) is 0 Å². The van der Waals surface area contributed by atoms with Crippen molar-refractivity contribution in [1.29, 1.82) is 0 Å². The van der Waals surface area contributed by atoms with Crippen LogP contribution in [0.5, 0.6) is 0 Å². The second-order valence-corrected chi connectivity index (χ2v) is 5.89. The summed E-state index contributed by atoms with van der Waals surface area (Å²) in [5.74, 6) is 0.975. The third kappa shape index (κ3) is 3.58. The molecular weight excluding hydrogens is 222 g/mol. The summed E-state index contributed by atoms with van der Waals surface area (Å²) in [6.45, 7) is 7.56. The topological polar surface area (TPSA) is 29.9 Å². The van der Waals surface area contributed by atoms with Gasteiger partial charge in [-0.2, -0.15) is 5.10 Å². The number of aromatic nitrogens is 2. The molecule has 0 aromatic carbocycles. The molecule has 0 bridgehead atoms. The lowest BCUT2D eigenvalue weighted by atomic mass is 9.84. The summed E-state index contributed by atoms with van der Waals surface area (Å²) in [5, 5.41) is 8.24. The fourth-order valence-electron chi connectivity index (χ4n) is 2.78. The van der Waals surface area contributed by atoms with Crippen LogP contribution in [0.3, 0.4) is 0 Å². The van der Waals surface area contributed by atoms with Gasteiger partial charge in [0, 0.05) is 24.8 Å². The fraction of sp³-hybridized carbons (Fsp3) is 0.800. The Morgan fingerprint density at radius 3 is 2.61 bits per heavy atom. The van der Waals surface area contributed by atoms with Crippen molar-refractivity contribution in [2.24, 2.45) is 5.92 Å². The predicted octanol–water partition coefficient (Wildman–Crippen LogP) is 3.52. The molecule has 0 aliphatic heterocycles. The van der Waals surface area contributed by atoms with E-state index in [1.807, 2.05) is 4.68 Å². The molecule has 3 heteroatoms. The molecule has 1 aromatic rings. The first-order valence-corrected chi connectivity index (χ1v) is 7.46. The maximum atomic E-state index is 4.58. The predicted molar refractivity (Wildman–Crippen MR) is 75.5 cm³/mol. The number of nitrogens with one attached hydrogen (secondary N) is 1. The summed E-state index contributed by atoms with van der Waals surface area (Å²) in [6, 6.07) is 3.29. The molecule has 1 fully saturated rings. The summed E-state index contributed by atoms with van der Waals surface area (Å²) in [4.78, 5) is 0. The van der Waals surface area contributed by atoms with Gasteiger partial charge in [-0.3, -0.25) is 4.68 Å². The molecule has 0 unspecified atom stereocenters. The minimum absolute atomic E-state index is 0.457. The van der Waals surface area contributed by atoms with Gasteiger partial charge < -0.3 is 5.32 Å². The largest absolute Gasteiger partial charge is 0.308 e. The van der Waals surface area contributed by atoms with Crippen molar-refractivity contribution in [3.8, 4) is 0 Å². The zero-order valence-electron chi connectivity index (χ0n) is 12.0. The molecule has 1 aromatic heterocycles. The molecule has 1 aliphatic carbocycles. The van der Waals surface area contributed by atoms with Crippen molar-refractivity contribution in [2.75, 3.05) is 0 Å². The number of nitrogens with zero attached hydrogens (tertiary/aromatic N) is 2. The van der Waals surface area contributed by atoms with Crippen molar-refractivity contribution in [3.05, 3.63) is 18.0 Å². The summed E-state index contributed by atoms with van der Waals surface area (Å²) in [6.07, 6.45) is 8.90. The molecule has 0 amide bonds. The molecule has 1 heterocycles. The molecule has 0 atom stereocenters. The van der Waals surface area contributed by atoms with Gasteiger partial charge in [-0.05, 0) is 51.5 Å². The lowest BCUT2D eigenvalue weighted by molar-refractivity contribution is 0.284. The van der Waals surface area contributed by atoms with Crippen LogP contribution in [0.15, 0.2) is 12.3 Å². The molecule has 1 N–H and O–H groups in total. The van der Waals surface area contributed by atoms with Crippen molar-refractivity contribution in [1.82, 2.24) is 15.1 Å². The molecule has 102 valence electrons. The Kier molecular flexibility index (Phi) is 4.81. The van der Waals surface area contributed by atoms with E-state index < -0.39 is 0 Å². The van der Waals surface area contributed by atoms with Crippen LogP contribution < -0.4 is 5.32 Å². The Labute approximate surface area is 111 Å².